The molecule has 0 radical (unpaired) electrons. The van der Waals surface area contributed by atoms with Gasteiger partial charge in [-0.1, -0.05) is 5.16 Å². The SMILES string of the molecule is N/C(=N/O)c1cccn1CC1CCCC(F)(F)C1. The van der Waals surface area contributed by atoms with Gasteiger partial charge >= 0.3 is 0 Å². The van der Waals surface area contributed by atoms with Gasteiger partial charge < -0.3 is 15.5 Å². The first kappa shape index (κ1) is 12.9. The summed E-state index contributed by atoms with van der Waals surface area (Å²) in [6, 6.07) is 3.46. The summed E-state index contributed by atoms with van der Waals surface area (Å²) in [5.41, 5.74) is 6.09. The van der Waals surface area contributed by atoms with Gasteiger partial charge in [-0.25, -0.2) is 8.78 Å². The minimum absolute atomic E-state index is 0.00238. The number of rotatable bonds is 3. The van der Waals surface area contributed by atoms with Crippen LogP contribution < -0.4 is 5.73 Å². The van der Waals surface area contributed by atoms with Crippen molar-refractivity contribution in [3.63, 3.8) is 0 Å². The summed E-state index contributed by atoms with van der Waals surface area (Å²) < 4.78 is 28.4. The molecule has 0 aliphatic heterocycles. The maximum Gasteiger partial charge on any atom is 0.248 e. The molecule has 100 valence electrons. The van der Waals surface area contributed by atoms with Crippen LogP contribution >= 0.6 is 0 Å². The molecule has 4 nitrogen and oxygen atoms in total. The Morgan fingerprint density at radius 3 is 3.06 bits per heavy atom. The van der Waals surface area contributed by atoms with E-state index >= 15 is 0 Å². The molecule has 0 bridgehead atoms. The van der Waals surface area contributed by atoms with Gasteiger partial charge in [0.1, 0.15) is 0 Å². The highest BCUT2D eigenvalue weighted by atomic mass is 19.3. The van der Waals surface area contributed by atoms with Crippen molar-refractivity contribution in [1.29, 1.82) is 0 Å². The Kier molecular flexibility index (Phi) is 3.54. The van der Waals surface area contributed by atoms with Crippen molar-refractivity contribution >= 4 is 5.84 Å². The Labute approximate surface area is 104 Å². The van der Waals surface area contributed by atoms with Gasteiger partial charge in [-0.15, -0.1) is 0 Å². The van der Waals surface area contributed by atoms with Gasteiger partial charge in [-0.2, -0.15) is 0 Å². The molecular formula is C12H17F2N3O. The van der Waals surface area contributed by atoms with Crippen LogP contribution in [0.15, 0.2) is 23.5 Å². The van der Waals surface area contributed by atoms with E-state index in [1.54, 1.807) is 22.9 Å². The number of amidine groups is 1. The molecule has 0 aromatic carbocycles. The largest absolute Gasteiger partial charge is 0.409 e. The lowest BCUT2D eigenvalue weighted by molar-refractivity contribution is -0.0547. The van der Waals surface area contributed by atoms with Crippen molar-refractivity contribution in [1.82, 2.24) is 4.57 Å². The van der Waals surface area contributed by atoms with Crippen LogP contribution in [0.25, 0.3) is 0 Å². The summed E-state index contributed by atoms with van der Waals surface area (Å²) in [7, 11) is 0. The minimum atomic E-state index is -2.55. The van der Waals surface area contributed by atoms with E-state index in [1.807, 2.05) is 0 Å². The highest BCUT2D eigenvalue weighted by Crippen LogP contribution is 2.37. The first-order valence-corrected chi connectivity index (χ1v) is 6.03. The molecule has 0 spiro atoms. The smallest absolute Gasteiger partial charge is 0.248 e. The van der Waals surface area contributed by atoms with E-state index in [9.17, 15) is 8.78 Å². The zero-order valence-electron chi connectivity index (χ0n) is 10.0. The Bertz CT molecular complexity index is 442. The van der Waals surface area contributed by atoms with Crippen LogP contribution in [0.3, 0.4) is 0 Å². The lowest BCUT2D eigenvalue weighted by atomic mass is 9.86. The highest BCUT2D eigenvalue weighted by Gasteiger charge is 2.36. The fourth-order valence-corrected chi connectivity index (χ4v) is 2.57. The van der Waals surface area contributed by atoms with Crippen LogP contribution in [0.2, 0.25) is 0 Å². The molecule has 1 saturated carbocycles. The van der Waals surface area contributed by atoms with Crippen molar-refractivity contribution in [2.24, 2.45) is 16.8 Å². The van der Waals surface area contributed by atoms with Crippen LogP contribution in [0, 0.1) is 5.92 Å². The van der Waals surface area contributed by atoms with E-state index in [1.165, 1.54) is 0 Å². The Balaban J connectivity index is 2.08. The predicted molar refractivity (Wildman–Crippen MR) is 63.8 cm³/mol. The molecule has 3 N–H and O–H groups in total. The average Bonchev–Trinajstić information content (AvgIpc) is 2.75. The Hall–Kier alpha value is -1.59. The fourth-order valence-electron chi connectivity index (χ4n) is 2.57. The van der Waals surface area contributed by atoms with Gasteiger partial charge in [0.25, 0.3) is 0 Å². The third kappa shape index (κ3) is 2.80. The van der Waals surface area contributed by atoms with Crippen molar-refractivity contribution in [3.05, 3.63) is 24.0 Å². The second kappa shape index (κ2) is 4.96. The van der Waals surface area contributed by atoms with E-state index < -0.39 is 5.92 Å². The van der Waals surface area contributed by atoms with E-state index in [0.717, 1.165) is 6.42 Å². The lowest BCUT2D eigenvalue weighted by Crippen LogP contribution is -2.29. The van der Waals surface area contributed by atoms with Gasteiger partial charge in [0.05, 0.1) is 5.69 Å². The monoisotopic (exact) mass is 257 g/mol. The number of oxime groups is 1. The number of hydrogen-bond acceptors (Lipinski definition) is 2. The Morgan fingerprint density at radius 2 is 2.39 bits per heavy atom. The van der Waals surface area contributed by atoms with Gasteiger partial charge in [-0.3, -0.25) is 0 Å². The number of halogens is 2. The maximum absolute atomic E-state index is 13.3. The fraction of sp³-hybridized carbons (Fsp3) is 0.583. The topological polar surface area (TPSA) is 63.5 Å². The molecule has 18 heavy (non-hydrogen) atoms. The zero-order valence-corrected chi connectivity index (χ0v) is 10.0. The van der Waals surface area contributed by atoms with Crippen molar-refractivity contribution in [2.75, 3.05) is 0 Å². The van der Waals surface area contributed by atoms with E-state index in [4.69, 9.17) is 10.9 Å². The second-order valence-electron chi connectivity index (χ2n) is 4.85. The lowest BCUT2D eigenvalue weighted by Gasteiger charge is -2.29. The first-order chi connectivity index (χ1) is 8.52. The summed E-state index contributed by atoms with van der Waals surface area (Å²) >= 11 is 0. The summed E-state index contributed by atoms with van der Waals surface area (Å²) in [4.78, 5) is 0. The number of alkyl halides is 2. The average molecular weight is 257 g/mol. The molecule has 1 aliphatic rings. The van der Waals surface area contributed by atoms with E-state index in [-0.39, 0.29) is 24.6 Å². The number of nitrogens with zero attached hydrogens (tertiary/aromatic N) is 2. The third-order valence-corrected chi connectivity index (χ3v) is 3.40. The summed E-state index contributed by atoms with van der Waals surface area (Å²) in [5.74, 6) is -2.61. The highest BCUT2D eigenvalue weighted by molar-refractivity contribution is 5.95. The molecule has 6 heteroatoms. The number of nitrogens with two attached hydrogens (primary N) is 1. The molecule has 2 rings (SSSR count). The molecule has 1 atom stereocenters. The molecular weight excluding hydrogens is 240 g/mol. The quantitative estimate of drug-likeness (QED) is 0.378. The van der Waals surface area contributed by atoms with Crippen molar-refractivity contribution < 1.29 is 14.0 Å². The molecule has 1 aliphatic carbocycles. The molecule has 1 aromatic rings. The van der Waals surface area contributed by atoms with Gasteiger partial charge in [0.15, 0.2) is 5.84 Å². The van der Waals surface area contributed by atoms with Crippen LogP contribution in [0.1, 0.15) is 31.4 Å². The third-order valence-electron chi connectivity index (χ3n) is 3.40. The van der Waals surface area contributed by atoms with Gasteiger partial charge in [0.2, 0.25) is 5.92 Å². The van der Waals surface area contributed by atoms with Crippen molar-refractivity contribution in [3.8, 4) is 0 Å². The van der Waals surface area contributed by atoms with Crippen LogP contribution in [-0.2, 0) is 6.54 Å². The predicted octanol–water partition coefficient (Wildman–Crippen LogP) is 2.41. The van der Waals surface area contributed by atoms with Gasteiger partial charge in [-0.05, 0) is 30.9 Å². The number of aromatic nitrogens is 1. The second-order valence-corrected chi connectivity index (χ2v) is 4.85. The molecule has 1 fully saturated rings. The molecule has 1 aromatic heterocycles. The molecule has 0 amide bonds. The normalized spacial score (nSPS) is 24.1. The standard InChI is InChI=1S/C12H17F2N3O/c13-12(14)5-1-3-9(7-12)8-17-6-2-4-10(17)11(15)16-18/h2,4,6,9,18H,1,3,5,7-8H2,(H2,15,16). The van der Waals surface area contributed by atoms with E-state index in [2.05, 4.69) is 5.16 Å². The Morgan fingerprint density at radius 1 is 1.61 bits per heavy atom. The summed E-state index contributed by atoms with van der Waals surface area (Å²) in [6.07, 6.45) is 3.02. The molecule has 1 unspecified atom stereocenters. The van der Waals surface area contributed by atoms with Crippen LogP contribution in [0.5, 0.6) is 0 Å². The van der Waals surface area contributed by atoms with Gasteiger partial charge in [0, 0.05) is 25.6 Å². The minimum Gasteiger partial charge on any atom is -0.409 e. The summed E-state index contributed by atoms with van der Waals surface area (Å²) in [6.45, 7) is 0.480. The van der Waals surface area contributed by atoms with Crippen molar-refractivity contribution in [2.45, 2.75) is 38.2 Å². The maximum atomic E-state index is 13.3. The number of hydrogen-bond donors (Lipinski definition) is 2. The molecule has 0 saturated heterocycles. The first-order valence-electron chi connectivity index (χ1n) is 6.03. The van der Waals surface area contributed by atoms with Crippen LogP contribution in [0.4, 0.5) is 8.78 Å². The summed E-state index contributed by atoms with van der Waals surface area (Å²) in [5, 5.41) is 11.6. The molecule has 1 heterocycles. The van der Waals surface area contributed by atoms with E-state index in [0.29, 0.717) is 18.7 Å². The zero-order chi connectivity index (χ0) is 13.2. The van der Waals surface area contributed by atoms with Crippen LogP contribution in [-0.4, -0.2) is 21.5 Å².